The molecule has 0 bridgehead atoms. The summed E-state index contributed by atoms with van der Waals surface area (Å²) >= 11 is 0. The Morgan fingerprint density at radius 2 is 1.68 bits per heavy atom. The molecule has 178 valence electrons. The molecule has 1 atom stereocenters. The summed E-state index contributed by atoms with van der Waals surface area (Å²) in [6.45, 7) is 1.37. The molecular formula is C27H29F2N3O2. The third-order valence-electron chi connectivity index (χ3n) is 7.74. The van der Waals surface area contributed by atoms with Gasteiger partial charge in [0, 0.05) is 42.2 Å². The number of benzene rings is 2. The minimum absolute atomic E-state index is 0.0676. The molecule has 34 heavy (non-hydrogen) atoms. The molecule has 0 unspecified atom stereocenters. The number of halogens is 2. The van der Waals surface area contributed by atoms with Crippen LogP contribution >= 0.6 is 0 Å². The Kier molecular flexibility index (Phi) is 6.08. The van der Waals surface area contributed by atoms with Crippen LogP contribution in [0.1, 0.15) is 37.7 Å². The summed E-state index contributed by atoms with van der Waals surface area (Å²) in [7, 11) is 0. The summed E-state index contributed by atoms with van der Waals surface area (Å²) in [6, 6.07) is 15.0. The van der Waals surface area contributed by atoms with Gasteiger partial charge in [0.2, 0.25) is 0 Å². The fourth-order valence-corrected chi connectivity index (χ4v) is 5.82. The minimum atomic E-state index is -1.09. The van der Waals surface area contributed by atoms with E-state index >= 15 is 0 Å². The van der Waals surface area contributed by atoms with Gasteiger partial charge >= 0.3 is 0 Å². The van der Waals surface area contributed by atoms with Crippen LogP contribution in [0.25, 0.3) is 11.3 Å². The Bertz CT molecular complexity index is 1200. The molecule has 1 aliphatic heterocycles. The van der Waals surface area contributed by atoms with Gasteiger partial charge in [-0.3, -0.25) is 14.3 Å². The molecule has 7 heteroatoms. The van der Waals surface area contributed by atoms with E-state index in [2.05, 4.69) is 4.98 Å². The summed E-state index contributed by atoms with van der Waals surface area (Å²) < 4.78 is 30.0. The molecule has 1 saturated heterocycles. The maximum absolute atomic E-state index is 14.3. The van der Waals surface area contributed by atoms with Gasteiger partial charge in [0.1, 0.15) is 11.6 Å². The highest BCUT2D eigenvalue weighted by atomic mass is 19.1. The molecule has 0 radical (unpaired) electrons. The first-order chi connectivity index (χ1) is 16.4. The van der Waals surface area contributed by atoms with Crippen molar-refractivity contribution < 1.29 is 13.9 Å². The van der Waals surface area contributed by atoms with Crippen molar-refractivity contribution in [2.45, 2.75) is 50.8 Å². The average molecular weight is 466 g/mol. The van der Waals surface area contributed by atoms with Gasteiger partial charge in [-0.2, -0.15) is 0 Å². The van der Waals surface area contributed by atoms with Gasteiger partial charge < -0.3 is 5.11 Å². The van der Waals surface area contributed by atoms with Crippen molar-refractivity contribution in [3.63, 3.8) is 0 Å². The lowest BCUT2D eigenvalue weighted by Gasteiger charge is -2.52. The zero-order valence-corrected chi connectivity index (χ0v) is 19.1. The Morgan fingerprint density at radius 1 is 0.971 bits per heavy atom. The van der Waals surface area contributed by atoms with E-state index in [1.165, 1.54) is 35.2 Å². The quantitative estimate of drug-likeness (QED) is 0.607. The lowest BCUT2D eigenvalue weighted by Crippen LogP contribution is -2.61. The van der Waals surface area contributed by atoms with Crippen molar-refractivity contribution in [1.29, 1.82) is 0 Å². The molecule has 3 aromatic rings. The summed E-state index contributed by atoms with van der Waals surface area (Å²) in [5.74, 6) is -1.09. The largest absolute Gasteiger partial charge is 0.387 e. The van der Waals surface area contributed by atoms with Crippen molar-refractivity contribution in [3.05, 3.63) is 88.5 Å². The van der Waals surface area contributed by atoms with Crippen LogP contribution in [0.15, 0.2) is 65.7 Å². The van der Waals surface area contributed by atoms with Crippen LogP contribution in [-0.2, 0) is 13.1 Å². The van der Waals surface area contributed by atoms with E-state index < -0.39 is 22.7 Å². The first-order valence-corrected chi connectivity index (χ1v) is 11.9. The highest BCUT2D eigenvalue weighted by Crippen LogP contribution is 2.51. The van der Waals surface area contributed by atoms with Crippen molar-refractivity contribution in [3.8, 4) is 11.3 Å². The van der Waals surface area contributed by atoms with Gasteiger partial charge in [-0.25, -0.2) is 13.8 Å². The second-order valence-corrected chi connectivity index (χ2v) is 9.79. The molecule has 1 saturated carbocycles. The second kappa shape index (κ2) is 9.04. The second-order valence-electron chi connectivity index (χ2n) is 9.79. The third kappa shape index (κ3) is 4.18. The molecule has 2 heterocycles. The van der Waals surface area contributed by atoms with E-state index in [0.29, 0.717) is 25.2 Å². The van der Waals surface area contributed by atoms with Crippen LogP contribution in [0, 0.1) is 17.0 Å². The highest BCUT2D eigenvalue weighted by molar-refractivity contribution is 5.57. The smallest absolute Gasteiger partial charge is 0.253 e. The average Bonchev–Trinajstić information content (AvgIpc) is 3.31. The molecule has 5 nitrogen and oxygen atoms in total. The van der Waals surface area contributed by atoms with Crippen LogP contribution in [0.4, 0.5) is 8.78 Å². The number of likely N-dealkylation sites (tertiary alicyclic amines) is 1. The number of piperidine rings is 1. The summed E-state index contributed by atoms with van der Waals surface area (Å²) in [6.07, 6.45) is 5.57. The molecule has 1 spiro atoms. The van der Waals surface area contributed by atoms with Crippen LogP contribution in [0.3, 0.4) is 0 Å². The van der Waals surface area contributed by atoms with Crippen LogP contribution in [0.2, 0.25) is 0 Å². The van der Waals surface area contributed by atoms with Gasteiger partial charge in [0.25, 0.3) is 5.56 Å². The molecule has 1 aliphatic carbocycles. The first-order valence-electron chi connectivity index (χ1n) is 11.9. The Morgan fingerprint density at radius 3 is 2.35 bits per heavy atom. The van der Waals surface area contributed by atoms with Gasteiger partial charge in [-0.05, 0) is 31.4 Å². The van der Waals surface area contributed by atoms with Crippen molar-refractivity contribution in [2.75, 3.05) is 13.1 Å². The third-order valence-corrected chi connectivity index (χ3v) is 7.74. The van der Waals surface area contributed by atoms with Gasteiger partial charge in [0.05, 0.1) is 24.2 Å². The normalized spacial score (nSPS) is 22.3. The first kappa shape index (κ1) is 22.9. The molecule has 0 amide bonds. The number of hydrogen-bond acceptors (Lipinski definition) is 4. The van der Waals surface area contributed by atoms with Crippen molar-refractivity contribution >= 4 is 0 Å². The Balaban J connectivity index is 1.38. The van der Waals surface area contributed by atoms with Crippen molar-refractivity contribution in [2.24, 2.45) is 5.41 Å². The molecule has 1 aromatic heterocycles. The molecule has 1 N–H and O–H groups in total. The number of hydrogen-bond donors (Lipinski definition) is 1. The maximum Gasteiger partial charge on any atom is 0.253 e. The number of nitrogens with zero attached hydrogens (tertiary/aromatic N) is 3. The molecule has 5 rings (SSSR count). The zero-order valence-electron chi connectivity index (χ0n) is 19.1. The molecule has 2 aromatic carbocycles. The van der Waals surface area contributed by atoms with Gasteiger partial charge in [-0.1, -0.05) is 49.2 Å². The predicted molar refractivity (Wildman–Crippen MR) is 126 cm³/mol. The Labute approximate surface area is 197 Å². The van der Waals surface area contributed by atoms with Gasteiger partial charge in [0.15, 0.2) is 0 Å². The van der Waals surface area contributed by atoms with E-state index in [1.807, 2.05) is 35.2 Å². The minimum Gasteiger partial charge on any atom is -0.387 e. The lowest BCUT2D eigenvalue weighted by molar-refractivity contribution is -0.144. The highest BCUT2D eigenvalue weighted by Gasteiger charge is 2.54. The topological polar surface area (TPSA) is 58.4 Å². The molecule has 2 fully saturated rings. The standard InChI is InChI=1S/C27H29F2N3O2/c28-22-9-6-10-23(29)21(22)16-31-14-13-27(34,26(17-31)11-4-5-12-26)18-32-19-30-24(15-25(32)33)20-7-2-1-3-8-20/h1-3,6-10,15,19,34H,4-5,11-14,16-18H2/t27-/m1/s1. The fraction of sp³-hybridized carbons (Fsp3) is 0.407. The SMILES string of the molecule is O=c1cc(-c2ccccc2)ncn1C[C@]1(O)CCN(Cc2c(F)cccc2F)CC12CCCC2. The maximum atomic E-state index is 14.3. The Hall–Kier alpha value is -2.90. The van der Waals surface area contributed by atoms with Crippen molar-refractivity contribution in [1.82, 2.24) is 14.5 Å². The summed E-state index contributed by atoms with van der Waals surface area (Å²) in [5.41, 5.74) is -0.181. The monoisotopic (exact) mass is 465 g/mol. The summed E-state index contributed by atoms with van der Waals surface area (Å²) in [5, 5.41) is 11.9. The van der Waals surface area contributed by atoms with Crippen LogP contribution < -0.4 is 5.56 Å². The van der Waals surface area contributed by atoms with Crippen LogP contribution in [0.5, 0.6) is 0 Å². The van der Waals surface area contributed by atoms with E-state index in [0.717, 1.165) is 31.2 Å². The zero-order chi connectivity index (χ0) is 23.8. The lowest BCUT2D eigenvalue weighted by atomic mass is 9.65. The number of aliphatic hydroxyl groups is 1. The van der Waals surface area contributed by atoms with E-state index in [4.69, 9.17) is 0 Å². The van der Waals surface area contributed by atoms with Crippen LogP contribution in [-0.4, -0.2) is 38.2 Å². The predicted octanol–water partition coefficient (Wildman–Crippen LogP) is 4.39. The fourth-order valence-electron chi connectivity index (χ4n) is 5.82. The van der Waals surface area contributed by atoms with E-state index in [9.17, 15) is 18.7 Å². The van der Waals surface area contributed by atoms with E-state index in [1.54, 1.807) is 0 Å². The molecular weight excluding hydrogens is 436 g/mol. The van der Waals surface area contributed by atoms with Gasteiger partial charge in [-0.15, -0.1) is 0 Å². The number of rotatable bonds is 5. The molecule has 2 aliphatic rings. The summed E-state index contributed by atoms with van der Waals surface area (Å²) in [4.78, 5) is 19.4. The number of aromatic nitrogens is 2. The van der Waals surface area contributed by atoms with E-state index in [-0.39, 0.29) is 24.2 Å².